The lowest BCUT2D eigenvalue weighted by Crippen LogP contribution is -2.71. The number of nitrogens with one attached hydrogen (secondary N) is 2. The maximum Gasteiger partial charge on any atom is 0.513 e. The van der Waals surface area contributed by atoms with Gasteiger partial charge < -0.3 is 49.2 Å². The van der Waals surface area contributed by atoms with Crippen LogP contribution in [0.25, 0.3) is 0 Å². The van der Waals surface area contributed by atoms with Crippen LogP contribution in [0.3, 0.4) is 0 Å². The Labute approximate surface area is 283 Å². The Bertz CT molecular complexity index is 1690. The predicted molar refractivity (Wildman–Crippen MR) is 166 cm³/mol. The van der Waals surface area contributed by atoms with E-state index in [9.17, 15) is 38.7 Å². The highest BCUT2D eigenvalue weighted by Crippen LogP contribution is 2.50. The third kappa shape index (κ3) is 6.82. The average molecular weight is 701 g/mol. The first-order valence-electron chi connectivity index (χ1n) is 14.7. The number of thioether (sulfide) groups is 1. The van der Waals surface area contributed by atoms with Gasteiger partial charge in [-0.1, -0.05) is 36.4 Å². The first-order chi connectivity index (χ1) is 23.3. The quantitative estimate of drug-likeness (QED) is 0.191. The summed E-state index contributed by atoms with van der Waals surface area (Å²) in [6, 6.07) is 7.26. The molecule has 3 aliphatic rings. The number of hydrogen-bond acceptors (Lipinski definition) is 13. The maximum absolute atomic E-state index is 13.8. The number of benzene rings is 2. The number of hydrogen-bond donors (Lipinski definition) is 3. The number of carbonyl (C=O) groups excluding carboxylic acids is 6. The lowest BCUT2D eigenvalue weighted by Gasteiger charge is -2.44. The van der Waals surface area contributed by atoms with E-state index < -0.39 is 81.9 Å². The molecule has 4 unspecified atom stereocenters. The summed E-state index contributed by atoms with van der Waals surface area (Å²) < 4.78 is 23.8. The molecule has 3 aliphatic heterocycles. The van der Waals surface area contributed by atoms with E-state index >= 15 is 0 Å². The molecule has 4 amide bonds. The minimum atomic E-state index is -1.34. The van der Waals surface area contributed by atoms with Crippen LogP contribution >= 0.6 is 11.8 Å². The van der Waals surface area contributed by atoms with Gasteiger partial charge in [-0.05, 0) is 31.5 Å². The molecule has 3 heterocycles. The molecule has 2 aromatic rings. The third-order valence-corrected chi connectivity index (χ3v) is 9.59. The number of ether oxygens (including phenoxy) is 5. The zero-order valence-electron chi connectivity index (χ0n) is 26.6. The van der Waals surface area contributed by atoms with E-state index in [4.69, 9.17) is 14.2 Å². The molecule has 5 rings (SSSR count). The van der Waals surface area contributed by atoms with E-state index in [-0.39, 0.29) is 24.7 Å². The van der Waals surface area contributed by atoms with Gasteiger partial charge in [-0.3, -0.25) is 19.2 Å². The van der Waals surface area contributed by atoms with Crippen molar-refractivity contribution in [3.8, 4) is 11.5 Å². The molecular formula is C31H32N4O13S. The molecule has 3 saturated heterocycles. The standard InChI is InChI=1S/C31H32N4O13S/c1-31(2)22(28(40)41)35-26(39)20(27(35)49-31)33-24(37)19(15-9-6-5-7-10-15)32-23(36)17-13-46-14-34(17)25(38)16-11-8-12-18(47-29(42)44-3)21(16)48-30(43)45-4/h5-12,17,19-20,22,27H,13-14H2,1-4H3,(H,32,36)(H,33,37)(H,40,41)/t17?,19?,20?,22-,27?/m0/s1. The van der Waals surface area contributed by atoms with Crippen LogP contribution in [0, 0.1) is 0 Å². The molecule has 2 aromatic carbocycles. The summed E-state index contributed by atoms with van der Waals surface area (Å²) >= 11 is 1.25. The van der Waals surface area contributed by atoms with Gasteiger partial charge >= 0.3 is 18.3 Å². The number of carboxylic acids is 1. The van der Waals surface area contributed by atoms with E-state index in [1.54, 1.807) is 44.2 Å². The number of carbonyl (C=O) groups is 7. The normalized spacial score (nSPS) is 22.6. The van der Waals surface area contributed by atoms with E-state index in [1.165, 1.54) is 34.9 Å². The molecule has 3 fully saturated rings. The number of rotatable bonds is 9. The van der Waals surface area contributed by atoms with Gasteiger partial charge in [-0.15, -0.1) is 11.8 Å². The maximum atomic E-state index is 13.8. The second-order valence-electron chi connectivity index (χ2n) is 11.5. The molecule has 3 N–H and O–H groups in total. The minimum Gasteiger partial charge on any atom is -0.480 e. The summed E-state index contributed by atoms with van der Waals surface area (Å²) in [7, 11) is 2.08. The van der Waals surface area contributed by atoms with Gasteiger partial charge in [-0.25, -0.2) is 14.4 Å². The molecule has 5 atom stereocenters. The summed E-state index contributed by atoms with van der Waals surface area (Å²) in [4.78, 5) is 92.3. The topological polar surface area (TPSA) is 216 Å². The Morgan fingerprint density at radius 1 is 0.980 bits per heavy atom. The average Bonchev–Trinajstić information content (AvgIpc) is 3.67. The predicted octanol–water partition coefficient (Wildman–Crippen LogP) is 1.26. The number of amides is 4. The first kappa shape index (κ1) is 35.0. The van der Waals surface area contributed by atoms with Crippen molar-refractivity contribution in [3.05, 3.63) is 59.7 Å². The van der Waals surface area contributed by atoms with Crippen LogP contribution in [0.5, 0.6) is 11.5 Å². The molecule has 17 nitrogen and oxygen atoms in total. The van der Waals surface area contributed by atoms with Crippen molar-refractivity contribution in [2.45, 2.75) is 48.1 Å². The molecule has 260 valence electrons. The smallest absolute Gasteiger partial charge is 0.480 e. The summed E-state index contributed by atoms with van der Waals surface area (Å²) in [5, 5.41) is 14.4. The largest absolute Gasteiger partial charge is 0.513 e. The van der Waals surface area contributed by atoms with Crippen LogP contribution in [0.4, 0.5) is 9.59 Å². The van der Waals surface area contributed by atoms with Crippen LogP contribution in [0.2, 0.25) is 0 Å². The fourth-order valence-corrected chi connectivity index (χ4v) is 7.33. The second kappa shape index (κ2) is 14.0. The zero-order chi connectivity index (χ0) is 35.6. The number of carboxylic acid groups (broad SMARTS) is 1. The highest BCUT2D eigenvalue weighted by atomic mass is 32.2. The van der Waals surface area contributed by atoms with Crippen molar-refractivity contribution >= 4 is 53.7 Å². The monoisotopic (exact) mass is 700 g/mol. The number of β-lactam (4-membered cyclic amide) rings is 1. The number of fused-ring (bicyclic) bond motifs is 1. The Balaban J connectivity index is 1.37. The first-order valence-corrected chi connectivity index (χ1v) is 15.6. The highest BCUT2D eigenvalue weighted by molar-refractivity contribution is 8.01. The Kier molecular flexibility index (Phi) is 10.00. The van der Waals surface area contributed by atoms with Crippen molar-refractivity contribution in [2.24, 2.45) is 0 Å². The molecule has 0 bridgehead atoms. The lowest BCUT2D eigenvalue weighted by atomic mass is 9.95. The minimum absolute atomic E-state index is 0.271. The summed E-state index contributed by atoms with van der Waals surface area (Å²) in [6.07, 6.45) is -2.40. The van der Waals surface area contributed by atoms with Gasteiger partial charge in [0.15, 0.2) is 11.5 Å². The summed E-state index contributed by atoms with van der Waals surface area (Å²) in [6.45, 7) is 2.77. The summed E-state index contributed by atoms with van der Waals surface area (Å²) in [5.74, 6) is -4.96. The zero-order valence-corrected chi connectivity index (χ0v) is 27.4. The van der Waals surface area contributed by atoms with Crippen molar-refractivity contribution in [1.29, 1.82) is 0 Å². The fourth-order valence-electron chi connectivity index (χ4n) is 5.71. The van der Waals surface area contributed by atoms with E-state index in [1.807, 2.05) is 0 Å². The highest BCUT2D eigenvalue weighted by Gasteiger charge is 2.64. The number of aliphatic carboxylic acids is 1. The van der Waals surface area contributed by atoms with E-state index in [0.717, 1.165) is 19.1 Å². The Hall–Kier alpha value is -5.36. The molecule has 49 heavy (non-hydrogen) atoms. The van der Waals surface area contributed by atoms with Crippen molar-refractivity contribution in [2.75, 3.05) is 27.6 Å². The van der Waals surface area contributed by atoms with Crippen LogP contribution in [-0.4, -0.2) is 113 Å². The van der Waals surface area contributed by atoms with Gasteiger partial charge in [0.1, 0.15) is 36.3 Å². The molecule has 0 aromatic heterocycles. The molecular weight excluding hydrogens is 668 g/mol. The van der Waals surface area contributed by atoms with Gasteiger partial charge in [0.05, 0.1) is 26.4 Å². The van der Waals surface area contributed by atoms with Gasteiger partial charge in [0.2, 0.25) is 17.7 Å². The van der Waals surface area contributed by atoms with Crippen molar-refractivity contribution in [3.63, 3.8) is 0 Å². The lowest BCUT2D eigenvalue weighted by molar-refractivity contribution is -0.161. The molecule has 18 heteroatoms. The van der Waals surface area contributed by atoms with Crippen molar-refractivity contribution < 1.29 is 62.4 Å². The number of para-hydroxylation sites is 1. The van der Waals surface area contributed by atoms with Gasteiger partial charge in [0, 0.05) is 4.75 Å². The molecule has 0 aliphatic carbocycles. The summed E-state index contributed by atoms with van der Waals surface area (Å²) in [5.41, 5.74) is 0.0650. The molecule has 0 spiro atoms. The number of methoxy groups -OCH3 is 2. The number of nitrogens with zero attached hydrogens (tertiary/aromatic N) is 2. The van der Waals surface area contributed by atoms with Gasteiger partial charge in [-0.2, -0.15) is 0 Å². The van der Waals surface area contributed by atoms with Crippen molar-refractivity contribution in [1.82, 2.24) is 20.4 Å². The molecule has 0 saturated carbocycles. The van der Waals surface area contributed by atoms with Crippen LogP contribution in [-0.2, 0) is 33.4 Å². The Morgan fingerprint density at radius 3 is 2.31 bits per heavy atom. The SMILES string of the molecule is COC(=O)Oc1cccc(C(=O)N2COCC2C(=O)NC(C(=O)NC2C(=O)N3C2SC(C)(C)[C@@H]3C(=O)O)c2ccccc2)c1OC(=O)OC. The Morgan fingerprint density at radius 2 is 1.65 bits per heavy atom. The van der Waals surface area contributed by atoms with E-state index in [0.29, 0.717) is 5.56 Å². The van der Waals surface area contributed by atoms with Crippen LogP contribution < -0.4 is 20.1 Å². The third-order valence-electron chi connectivity index (χ3n) is 8.02. The van der Waals surface area contributed by atoms with Gasteiger partial charge in [0.25, 0.3) is 5.91 Å². The molecule has 0 radical (unpaired) electrons. The van der Waals surface area contributed by atoms with Crippen LogP contribution in [0.1, 0.15) is 35.8 Å². The van der Waals surface area contributed by atoms with E-state index in [2.05, 4.69) is 20.1 Å². The second-order valence-corrected chi connectivity index (χ2v) is 13.2. The van der Waals surface area contributed by atoms with Crippen LogP contribution in [0.15, 0.2) is 48.5 Å². The fraction of sp³-hybridized carbons (Fsp3) is 0.387.